The Morgan fingerprint density at radius 2 is 1.67 bits per heavy atom. The number of aliphatic hydroxyl groups excluding tert-OH is 2. The summed E-state index contributed by atoms with van der Waals surface area (Å²) >= 11 is 8.39. The summed E-state index contributed by atoms with van der Waals surface area (Å²) < 4.78 is 0.782. The summed E-state index contributed by atoms with van der Waals surface area (Å²) in [6, 6.07) is 0. The first-order valence-electron chi connectivity index (χ1n) is 2.62. The SMILES string of the molecule is CCC(=S)S.OCCO. The zero-order chi connectivity index (χ0) is 7.70. The van der Waals surface area contributed by atoms with E-state index >= 15 is 0 Å². The van der Waals surface area contributed by atoms with Gasteiger partial charge in [-0.15, -0.1) is 12.6 Å². The first kappa shape index (κ1) is 12.1. The lowest BCUT2D eigenvalue weighted by Crippen LogP contribution is -1.85. The molecule has 0 aromatic heterocycles. The lowest BCUT2D eigenvalue weighted by Gasteiger charge is -1.75. The zero-order valence-corrected chi connectivity index (χ0v) is 7.08. The summed E-state index contributed by atoms with van der Waals surface area (Å²) in [6.07, 6.45) is 0.901. The largest absolute Gasteiger partial charge is 0.394 e. The first-order chi connectivity index (χ1) is 4.18. The number of hydrogen-bond donors (Lipinski definition) is 3. The molecule has 9 heavy (non-hydrogen) atoms. The molecule has 0 aromatic rings. The van der Waals surface area contributed by atoms with Crippen molar-refractivity contribution >= 4 is 29.0 Å². The predicted octanol–water partition coefficient (Wildman–Crippen LogP) is 0.625. The Morgan fingerprint density at radius 3 is 1.67 bits per heavy atom. The van der Waals surface area contributed by atoms with Gasteiger partial charge in [-0.3, -0.25) is 0 Å². The molecule has 0 atom stereocenters. The summed E-state index contributed by atoms with van der Waals surface area (Å²) in [5.41, 5.74) is 0. The van der Waals surface area contributed by atoms with Gasteiger partial charge in [0.25, 0.3) is 0 Å². The third-order valence-electron chi connectivity index (χ3n) is 0.402. The molecular formula is C5H12O2S2. The third-order valence-corrected chi connectivity index (χ3v) is 1.01. The van der Waals surface area contributed by atoms with Crippen LogP contribution < -0.4 is 0 Å². The molecule has 0 radical (unpaired) electrons. The molecule has 0 amide bonds. The van der Waals surface area contributed by atoms with E-state index < -0.39 is 0 Å². The quantitative estimate of drug-likeness (QED) is 0.418. The lowest BCUT2D eigenvalue weighted by atomic mass is 10.6. The molecular weight excluding hydrogens is 156 g/mol. The first-order valence-corrected chi connectivity index (χ1v) is 3.48. The van der Waals surface area contributed by atoms with Gasteiger partial charge in [0.05, 0.1) is 13.2 Å². The normalized spacial score (nSPS) is 7.56. The summed E-state index contributed by atoms with van der Waals surface area (Å²) in [5.74, 6) is 0. The zero-order valence-electron chi connectivity index (χ0n) is 5.37. The van der Waals surface area contributed by atoms with E-state index in [1.165, 1.54) is 0 Å². The molecule has 0 heterocycles. The monoisotopic (exact) mass is 168 g/mol. The Morgan fingerprint density at radius 1 is 1.44 bits per heavy atom. The Bertz CT molecular complexity index is 64.0. The van der Waals surface area contributed by atoms with E-state index in [2.05, 4.69) is 24.8 Å². The number of hydrogen-bond acceptors (Lipinski definition) is 3. The van der Waals surface area contributed by atoms with Crippen LogP contribution in [0.2, 0.25) is 0 Å². The molecule has 56 valence electrons. The fourth-order valence-electron chi connectivity index (χ4n) is 0. The van der Waals surface area contributed by atoms with Crippen molar-refractivity contribution in [1.29, 1.82) is 0 Å². The number of thiocarbonyl (C=S) groups is 1. The van der Waals surface area contributed by atoms with Crippen LogP contribution in [0.15, 0.2) is 0 Å². The fourth-order valence-corrected chi connectivity index (χ4v) is 0. The van der Waals surface area contributed by atoms with Crippen LogP contribution in [0.25, 0.3) is 0 Å². The van der Waals surface area contributed by atoms with Crippen molar-refractivity contribution in [3.63, 3.8) is 0 Å². The molecule has 0 saturated heterocycles. The van der Waals surface area contributed by atoms with Crippen LogP contribution in [-0.2, 0) is 0 Å². The van der Waals surface area contributed by atoms with Crippen LogP contribution in [0.5, 0.6) is 0 Å². The minimum absolute atomic E-state index is 0.125. The number of rotatable bonds is 2. The molecule has 0 spiro atoms. The Labute approximate surface area is 66.3 Å². The van der Waals surface area contributed by atoms with Gasteiger partial charge < -0.3 is 10.2 Å². The fraction of sp³-hybridized carbons (Fsp3) is 0.800. The van der Waals surface area contributed by atoms with E-state index in [9.17, 15) is 0 Å². The minimum Gasteiger partial charge on any atom is -0.394 e. The van der Waals surface area contributed by atoms with Crippen LogP contribution in [-0.4, -0.2) is 27.6 Å². The van der Waals surface area contributed by atoms with Gasteiger partial charge in [0.1, 0.15) is 0 Å². The van der Waals surface area contributed by atoms with Crippen molar-refractivity contribution in [2.75, 3.05) is 13.2 Å². The average Bonchev–Trinajstić information content (AvgIpc) is 1.89. The molecule has 2 N–H and O–H groups in total. The van der Waals surface area contributed by atoms with Crippen LogP contribution in [0.1, 0.15) is 13.3 Å². The molecule has 0 rings (SSSR count). The highest BCUT2D eigenvalue weighted by molar-refractivity contribution is 8.11. The van der Waals surface area contributed by atoms with Crippen molar-refractivity contribution in [2.45, 2.75) is 13.3 Å². The van der Waals surface area contributed by atoms with E-state index in [1.54, 1.807) is 0 Å². The highest BCUT2D eigenvalue weighted by Crippen LogP contribution is 1.86. The highest BCUT2D eigenvalue weighted by Gasteiger charge is 1.72. The highest BCUT2D eigenvalue weighted by atomic mass is 32.1. The second-order valence-corrected chi connectivity index (χ2v) is 2.53. The van der Waals surface area contributed by atoms with Crippen molar-refractivity contribution in [1.82, 2.24) is 0 Å². The smallest absolute Gasteiger partial charge is 0.0662 e. The maximum Gasteiger partial charge on any atom is 0.0662 e. The molecule has 0 aromatic carbocycles. The van der Waals surface area contributed by atoms with E-state index in [4.69, 9.17) is 10.2 Å². The molecule has 0 aliphatic rings. The standard InChI is InChI=1S/C3H6S2.C2H6O2/c1-2-3(4)5;3-1-2-4/h2H2,1H3,(H,4,5);3-4H,1-2H2. The minimum atomic E-state index is -0.125. The maximum absolute atomic E-state index is 7.62. The Kier molecular flexibility index (Phi) is 15.0. The van der Waals surface area contributed by atoms with Crippen LogP contribution in [0.3, 0.4) is 0 Å². The summed E-state index contributed by atoms with van der Waals surface area (Å²) in [6.45, 7) is 1.73. The summed E-state index contributed by atoms with van der Waals surface area (Å²) in [4.78, 5) is 0. The molecule has 0 fully saturated rings. The number of aliphatic hydroxyl groups is 2. The van der Waals surface area contributed by atoms with Gasteiger partial charge in [-0.2, -0.15) is 0 Å². The maximum atomic E-state index is 7.62. The van der Waals surface area contributed by atoms with E-state index in [0.717, 1.165) is 10.6 Å². The lowest BCUT2D eigenvalue weighted by molar-refractivity contribution is 0.186. The van der Waals surface area contributed by atoms with E-state index in [0.29, 0.717) is 0 Å². The number of thiol groups is 1. The Hall–Kier alpha value is 0.360. The molecule has 0 aliphatic carbocycles. The second-order valence-electron chi connectivity index (χ2n) is 1.19. The van der Waals surface area contributed by atoms with E-state index in [-0.39, 0.29) is 13.2 Å². The molecule has 0 bridgehead atoms. The third kappa shape index (κ3) is 30.0. The van der Waals surface area contributed by atoms with Gasteiger partial charge in [0, 0.05) is 4.20 Å². The van der Waals surface area contributed by atoms with Crippen molar-refractivity contribution in [3.05, 3.63) is 0 Å². The van der Waals surface area contributed by atoms with Crippen LogP contribution in [0, 0.1) is 0 Å². The van der Waals surface area contributed by atoms with Gasteiger partial charge in [-0.1, -0.05) is 19.1 Å². The topological polar surface area (TPSA) is 40.5 Å². The van der Waals surface area contributed by atoms with Crippen molar-refractivity contribution in [3.8, 4) is 0 Å². The predicted molar refractivity (Wildman–Crippen MR) is 46.0 cm³/mol. The van der Waals surface area contributed by atoms with Gasteiger partial charge >= 0.3 is 0 Å². The van der Waals surface area contributed by atoms with Crippen molar-refractivity contribution in [2.24, 2.45) is 0 Å². The summed E-state index contributed by atoms with van der Waals surface area (Å²) in [7, 11) is 0. The molecule has 4 heteroatoms. The summed E-state index contributed by atoms with van der Waals surface area (Å²) in [5, 5.41) is 15.2. The molecule has 0 aliphatic heterocycles. The Balaban J connectivity index is 0. The molecule has 0 saturated carbocycles. The van der Waals surface area contributed by atoms with Gasteiger partial charge in [-0.25, -0.2) is 0 Å². The van der Waals surface area contributed by atoms with Gasteiger partial charge in [0.2, 0.25) is 0 Å². The van der Waals surface area contributed by atoms with Gasteiger partial charge in [0.15, 0.2) is 0 Å². The van der Waals surface area contributed by atoms with Crippen LogP contribution in [0.4, 0.5) is 0 Å². The molecule has 0 unspecified atom stereocenters. The van der Waals surface area contributed by atoms with Crippen LogP contribution >= 0.6 is 24.8 Å². The van der Waals surface area contributed by atoms with E-state index in [1.807, 2.05) is 6.92 Å². The second kappa shape index (κ2) is 11.2. The average molecular weight is 168 g/mol. The molecule has 2 nitrogen and oxygen atoms in total. The van der Waals surface area contributed by atoms with Crippen molar-refractivity contribution < 1.29 is 10.2 Å². The van der Waals surface area contributed by atoms with Gasteiger partial charge in [-0.05, 0) is 6.42 Å².